The lowest BCUT2D eigenvalue weighted by Gasteiger charge is -2.57. The fraction of sp³-hybridized carbons (Fsp3) is 0.222. The van der Waals surface area contributed by atoms with Gasteiger partial charge in [0, 0.05) is 10.8 Å². The summed E-state index contributed by atoms with van der Waals surface area (Å²) in [4.78, 5) is 29.2. The first-order chi connectivity index (χ1) is 15.0. The molecule has 3 aliphatic carbocycles. The normalized spacial score (nSPS) is 29.9. The van der Waals surface area contributed by atoms with Crippen molar-refractivity contribution in [3.63, 3.8) is 0 Å². The smallest absolute Gasteiger partial charge is 0.239 e. The third kappa shape index (κ3) is 1.86. The first-order valence-electron chi connectivity index (χ1n) is 10.5. The largest absolute Gasteiger partial charge is 0.274 e. The summed E-state index contributed by atoms with van der Waals surface area (Å²) in [5.74, 6) is -1.45. The predicted octanol–water partition coefficient (Wildman–Crippen LogP) is 4.30. The van der Waals surface area contributed by atoms with Gasteiger partial charge in [0.05, 0.1) is 23.1 Å². The van der Waals surface area contributed by atoms with E-state index in [2.05, 4.69) is 44.2 Å². The molecule has 31 heavy (non-hydrogen) atoms. The lowest BCUT2D eigenvalue weighted by Crippen LogP contribution is -2.59. The Bertz CT molecular complexity index is 1230. The summed E-state index contributed by atoms with van der Waals surface area (Å²) in [6.07, 6.45) is 0. The second-order valence-corrected chi connectivity index (χ2v) is 9.09. The van der Waals surface area contributed by atoms with Crippen molar-refractivity contribution in [3.05, 3.63) is 101 Å². The van der Waals surface area contributed by atoms with Crippen molar-refractivity contribution in [1.82, 2.24) is 0 Å². The van der Waals surface area contributed by atoms with Crippen molar-refractivity contribution in [2.24, 2.45) is 11.8 Å². The number of imide groups is 1. The van der Waals surface area contributed by atoms with Gasteiger partial charge in [-0.05, 0) is 34.4 Å². The van der Waals surface area contributed by atoms with Gasteiger partial charge in [-0.2, -0.15) is 5.26 Å². The third-order valence-corrected chi connectivity index (χ3v) is 7.91. The van der Waals surface area contributed by atoms with Crippen LogP contribution in [0.4, 0.5) is 5.69 Å². The monoisotopic (exact) mass is 404 g/mol. The zero-order valence-electron chi connectivity index (χ0n) is 17.3. The standard InChI is InChI=1S/C27H20N2O2/c1-26-17-10-4-6-12-19(17)27(2,20-13-7-5-11-18(20)26)23-22(26)24(30)29(25(23)31)21-14-8-3-9-16(21)15-28/h3-14,22-23H,1-2H3/t22-,23-,26?,27?/m1/s1. The van der Waals surface area contributed by atoms with E-state index in [1.807, 2.05) is 24.3 Å². The molecule has 0 radical (unpaired) electrons. The molecule has 4 nitrogen and oxygen atoms in total. The predicted molar refractivity (Wildman–Crippen MR) is 116 cm³/mol. The first kappa shape index (κ1) is 18.1. The van der Waals surface area contributed by atoms with Crippen LogP contribution in [0.25, 0.3) is 0 Å². The Morgan fingerprint density at radius 1 is 0.710 bits per heavy atom. The molecule has 1 fully saturated rings. The minimum atomic E-state index is -0.612. The summed E-state index contributed by atoms with van der Waals surface area (Å²) in [7, 11) is 0. The van der Waals surface area contributed by atoms with E-state index in [4.69, 9.17) is 0 Å². The van der Waals surface area contributed by atoms with Gasteiger partial charge in [0.2, 0.25) is 11.8 Å². The first-order valence-corrected chi connectivity index (χ1v) is 10.5. The number of nitrogens with zero attached hydrogens (tertiary/aromatic N) is 2. The number of hydrogen-bond donors (Lipinski definition) is 0. The van der Waals surface area contributed by atoms with Crippen LogP contribution in [0.3, 0.4) is 0 Å². The number of para-hydroxylation sites is 1. The number of hydrogen-bond acceptors (Lipinski definition) is 3. The zero-order valence-corrected chi connectivity index (χ0v) is 17.3. The molecular weight excluding hydrogens is 384 g/mol. The minimum Gasteiger partial charge on any atom is -0.274 e. The Kier molecular flexibility index (Phi) is 3.33. The Balaban J connectivity index is 1.68. The maximum Gasteiger partial charge on any atom is 0.239 e. The molecule has 0 aromatic heterocycles. The number of nitriles is 1. The van der Waals surface area contributed by atoms with Gasteiger partial charge < -0.3 is 0 Å². The van der Waals surface area contributed by atoms with Gasteiger partial charge in [-0.15, -0.1) is 0 Å². The van der Waals surface area contributed by atoms with Crippen molar-refractivity contribution < 1.29 is 9.59 Å². The van der Waals surface area contributed by atoms with Crippen LogP contribution in [-0.4, -0.2) is 11.8 Å². The van der Waals surface area contributed by atoms with Gasteiger partial charge in [-0.3, -0.25) is 9.59 Å². The van der Waals surface area contributed by atoms with E-state index in [1.165, 1.54) is 4.90 Å². The fourth-order valence-electron chi connectivity index (χ4n) is 6.57. The highest BCUT2D eigenvalue weighted by molar-refractivity contribution is 6.24. The molecule has 3 aromatic rings. The van der Waals surface area contributed by atoms with Crippen molar-refractivity contribution in [1.29, 1.82) is 5.26 Å². The second kappa shape index (κ2) is 5.70. The minimum absolute atomic E-state index is 0.213. The average Bonchev–Trinajstić information content (AvgIpc) is 3.08. The molecule has 0 saturated carbocycles. The molecule has 2 atom stereocenters. The van der Waals surface area contributed by atoms with Crippen LogP contribution in [0, 0.1) is 23.2 Å². The third-order valence-electron chi connectivity index (χ3n) is 7.91. The van der Waals surface area contributed by atoms with Gasteiger partial charge in [-0.25, -0.2) is 4.90 Å². The molecule has 2 bridgehead atoms. The number of carbonyl (C=O) groups is 2. The van der Waals surface area contributed by atoms with E-state index in [1.54, 1.807) is 24.3 Å². The van der Waals surface area contributed by atoms with E-state index < -0.39 is 22.7 Å². The molecule has 1 heterocycles. The maximum absolute atomic E-state index is 14.0. The molecule has 150 valence electrons. The van der Waals surface area contributed by atoms with Gasteiger partial charge >= 0.3 is 0 Å². The van der Waals surface area contributed by atoms with E-state index >= 15 is 0 Å². The number of carbonyl (C=O) groups excluding carboxylic acids is 2. The average molecular weight is 404 g/mol. The molecule has 0 N–H and O–H groups in total. The summed E-state index contributed by atoms with van der Waals surface area (Å²) in [5, 5.41) is 9.61. The Hall–Kier alpha value is -3.71. The molecule has 7 rings (SSSR count). The SMILES string of the molecule is CC12c3ccccc3C(C)(c3ccccc31)[C@H]1C(=O)N(c3ccccc3C#N)C(=O)[C@@H]12. The van der Waals surface area contributed by atoms with Crippen LogP contribution in [0.15, 0.2) is 72.8 Å². The van der Waals surface area contributed by atoms with Crippen LogP contribution in [0.2, 0.25) is 0 Å². The van der Waals surface area contributed by atoms with Crippen LogP contribution in [0.1, 0.15) is 41.7 Å². The van der Waals surface area contributed by atoms with Crippen LogP contribution >= 0.6 is 0 Å². The van der Waals surface area contributed by atoms with Crippen molar-refractivity contribution in [2.75, 3.05) is 4.90 Å². The Morgan fingerprint density at radius 3 is 1.52 bits per heavy atom. The van der Waals surface area contributed by atoms with Gasteiger partial charge in [-0.1, -0.05) is 74.5 Å². The molecule has 0 spiro atoms. The topological polar surface area (TPSA) is 61.2 Å². The van der Waals surface area contributed by atoms with Crippen molar-refractivity contribution in [2.45, 2.75) is 24.7 Å². The number of benzene rings is 3. The molecule has 3 aromatic carbocycles. The van der Waals surface area contributed by atoms with E-state index in [0.29, 0.717) is 11.3 Å². The lowest BCUT2D eigenvalue weighted by atomic mass is 9.42. The summed E-state index contributed by atoms with van der Waals surface area (Å²) in [6, 6.07) is 25.4. The van der Waals surface area contributed by atoms with E-state index in [-0.39, 0.29) is 11.8 Å². The van der Waals surface area contributed by atoms with Crippen LogP contribution in [0.5, 0.6) is 0 Å². The number of rotatable bonds is 1. The zero-order chi connectivity index (χ0) is 21.5. The van der Waals surface area contributed by atoms with Crippen molar-refractivity contribution in [3.8, 4) is 6.07 Å². The quantitative estimate of drug-likeness (QED) is 0.568. The lowest BCUT2D eigenvalue weighted by molar-refractivity contribution is -0.124. The molecule has 0 unspecified atom stereocenters. The van der Waals surface area contributed by atoms with Gasteiger partial charge in [0.25, 0.3) is 0 Å². The summed E-state index contributed by atoms with van der Waals surface area (Å²) in [6.45, 7) is 4.21. The molecular formula is C27H20N2O2. The summed E-state index contributed by atoms with van der Waals surface area (Å²) < 4.78 is 0. The van der Waals surface area contributed by atoms with Crippen molar-refractivity contribution >= 4 is 17.5 Å². The molecule has 1 saturated heterocycles. The molecule has 4 aliphatic rings. The number of amides is 2. The number of anilines is 1. The molecule has 4 heteroatoms. The van der Waals surface area contributed by atoms with Crippen LogP contribution < -0.4 is 4.90 Å². The second-order valence-electron chi connectivity index (χ2n) is 9.09. The highest BCUT2D eigenvalue weighted by atomic mass is 16.2. The molecule has 2 amide bonds. The van der Waals surface area contributed by atoms with E-state index in [9.17, 15) is 14.9 Å². The van der Waals surface area contributed by atoms with E-state index in [0.717, 1.165) is 22.3 Å². The Labute approximate surface area is 180 Å². The summed E-state index contributed by atoms with van der Waals surface area (Å²) >= 11 is 0. The summed E-state index contributed by atoms with van der Waals surface area (Å²) in [5.41, 5.74) is 3.97. The highest BCUT2D eigenvalue weighted by Gasteiger charge is 2.70. The van der Waals surface area contributed by atoms with Gasteiger partial charge in [0.1, 0.15) is 6.07 Å². The molecule has 1 aliphatic heterocycles. The Morgan fingerprint density at radius 2 is 1.10 bits per heavy atom. The fourth-order valence-corrected chi connectivity index (χ4v) is 6.57. The van der Waals surface area contributed by atoms with Crippen LogP contribution in [-0.2, 0) is 20.4 Å². The highest BCUT2D eigenvalue weighted by Crippen LogP contribution is 2.66. The van der Waals surface area contributed by atoms with Gasteiger partial charge in [0.15, 0.2) is 0 Å². The maximum atomic E-state index is 14.0.